The van der Waals surface area contributed by atoms with Crippen LogP contribution in [-0.2, 0) is 4.79 Å². The summed E-state index contributed by atoms with van der Waals surface area (Å²) in [4.78, 5) is 23.5. The van der Waals surface area contributed by atoms with Crippen molar-refractivity contribution in [3.63, 3.8) is 0 Å². The van der Waals surface area contributed by atoms with E-state index in [1.165, 1.54) is 6.07 Å². The maximum atomic E-state index is 12.1. The highest BCUT2D eigenvalue weighted by atomic mass is 127. The third kappa shape index (κ3) is 1.67. The highest BCUT2D eigenvalue weighted by Gasteiger charge is 2.40. The summed E-state index contributed by atoms with van der Waals surface area (Å²) in [6.07, 6.45) is 0. The first-order valence-electron chi connectivity index (χ1n) is 5.60. The normalized spacial score (nSPS) is 18.4. The van der Waals surface area contributed by atoms with E-state index >= 15 is 0 Å². The van der Waals surface area contributed by atoms with Crippen molar-refractivity contribution in [1.82, 2.24) is 0 Å². The summed E-state index contributed by atoms with van der Waals surface area (Å²) in [5, 5.41) is 0. The molecular weight excluding hydrogens is 362 g/mol. The van der Waals surface area contributed by atoms with Gasteiger partial charge in [-0.2, -0.15) is 0 Å². The highest BCUT2D eigenvalue weighted by Crippen LogP contribution is 2.49. The molecule has 0 saturated carbocycles. The molecule has 3 heterocycles. The predicted octanol–water partition coefficient (Wildman–Crippen LogP) is 2.48. The van der Waals surface area contributed by atoms with E-state index in [-0.39, 0.29) is 17.3 Å². The minimum atomic E-state index is -0.881. The first-order chi connectivity index (χ1) is 8.82. The fourth-order valence-corrected chi connectivity index (χ4v) is 1.86. The van der Waals surface area contributed by atoms with E-state index in [9.17, 15) is 9.59 Å². The molecule has 2 unspecified atom stereocenters. The Kier molecular flexibility index (Phi) is 2.61. The first kappa shape index (κ1) is 12.8. The van der Waals surface area contributed by atoms with Crippen LogP contribution >= 0.6 is 22.6 Å². The standard InChI is InChI=1S/C12H8BIO5/c1-4(13)12(2,14)11(16)19-8-6-3-5-7(17-6)9(8)18-10(5)15/h3-4H,1-2H3. The number of rotatable bonds is 3. The van der Waals surface area contributed by atoms with Gasteiger partial charge in [-0.15, -0.1) is 0 Å². The molecule has 0 aromatic carbocycles. The van der Waals surface area contributed by atoms with Crippen LogP contribution in [0, 0.1) is 0 Å². The zero-order chi connectivity index (χ0) is 13.9. The van der Waals surface area contributed by atoms with Gasteiger partial charge in [-0.1, -0.05) is 35.3 Å². The lowest BCUT2D eigenvalue weighted by Crippen LogP contribution is -2.36. The molecule has 19 heavy (non-hydrogen) atoms. The van der Waals surface area contributed by atoms with E-state index in [2.05, 4.69) is 0 Å². The topological polar surface area (TPSA) is 65.7 Å². The quantitative estimate of drug-likeness (QED) is 0.273. The van der Waals surface area contributed by atoms with Gasteiger partial charge in [0, 0.05) is 6.07 Å². The van der Waals surface area contributed by atoms with Crippen LogP contribution < -0.4 is 9.47 Å². The lowest BCUT2D eigenvalue weighted by atomic mass is 9.79. The van der Waals surface area contributed by atoms with E-state index in [4.69, 9.17) is 21.7 Å². The Labute approximate surface area is 123 Å². The van der Waals surface area contributed by atoms with Gasteiger partial charge in [0.05, 0.1) is 7.85 Å². The van der Waals surface area contributed by atoms with Gasteiger partial charge in [0.25, 0.3) is 0 Å². The van der Waals surface area contributed by atoms with Crippen molar-refractivity contribution in [2.45, 2.75) is 23.1 Å². The zero-order valence-corrected chi connectivity index (χ0v) is 12.3. The number of ether oxygens (including phenoxy) is 2. The summed E-state index contributed by atoms with van der Waals surface area (Å²) < 4.78 is 14.7. The van der Waals surface area contributed by atoms with Crippen molar-refractivity contribution < 1.29 is 23.5 Å². The SMILES string of the molecule is [B]C(C)C(C)(I)C(=O)Oc1c2c3oc1cc3C(=O)O2. The monoisotopic (exact) mass is 370 g/mol. The maximum absolute atomic E-state index is 12.1. The molecule has 0 amide bonds. The van der Waals surface area contributed by atoms with Crippen LogP contribution in [0.15, 0.2) is 10.5 Å². The number of carbonyl (C=O) groups is 2. The number of esters is 2. The Morgan fingerprint density at radius 2 is 2.26 bits per heavy atom. The molecule has 2 bridgehead atoms. The number of carbonyl (C=O) groups excluding carboxylic acids is 2. The van der Waals surface area contributed by atoms with Gasteiger partial charge < -0.3 is 13.9 Å². The van der Waals surface area contributed by atoms with Gasteiger partial charge in [-0.3, -0.25) is 4.79 Å². The summed E-state index contributed by atoms with van der Waals surface area (Å²) >= 11 is 1.94. The second-order valence-electron chi connectivity index (χ2n) is 4.66. The number of furan rings is 2. The third-order valence-electron chi connectivity index (χ3n) is 3.23. The lowest BCUT2D eigenvalue weighted by molar-refractivity contribution is -0.136. The van der Waals surface area contributed by atoms with Gasteiger partial charge in [0.15, 0.2) is 11.2 Å². The van der Waals surface area contributed by atoms with Gasteiger partial charge in [-0.05, 0) is 6.92 Å². The molecule has 0 spiro atoms. The molecule has 5 nitrogen and oxygen atoms in total. The van der Waals surface area contributed by atoms with Crippen molar-refractivity contribution in [1.29, 1.82) is 0 Å². The second kappa shape index (κ2) is 3.88. The number of fused-ring (bicyclic) bond motifs is 1. The molecule has 96 valence electrons. The van der Waals surface area contributed by atoms with Crippen LogP contribution in [0.4, 0.5) is 0 Å². The maximum Gasteiger partial charge on any atom is 0.347 e. The Balaban J connectivity index is 1.93. The smallest absolute Gasteiger partial charge is 0.347 e. The summed E-state index contributed by atoms with van der Waals surface area (Å²) in [5.41, 5.74) is 1.03. The third-order valence-corrected chi connectivity index (χ3v) is 4.65. The second-order valence-corrected chi connectivity index (χ2v) is 6.90. The van der Waals surface area contributed by atoms with E-state index in [0.29, 0.717) is 16.7 Å². The molecule has 3 rings (SSSR count). The van der Waals surface area contributed by atoms with Crippen molar-refractivity contribution in [3.05, 3.63) is 11.6 Å². The minimum absolute atomic E-state index is 0.151. The van der Waals surface area contributed by atoms with Gasteiger partial charge in [0.2, 0.25) is 11.5 Å². The van der Waals surface area contributed by atoms with Crippen LogP contribution in [0.25, 0.3) is 11.2 Å². The van der Waals surface area contributed by atoms with Crippen LogP contribution in [-0.4, -0.2) is 23.2 Å². The average molecular weight is 370 g/mol. The largest absolute Gasteiger partial charge is 0.448 e. The Bertz CT molecular complexity index is 687. The molecule has 0 saturated heterocycles. The van der Waals surface area contributed by atoms with Crippen LogP contribution in [0.1, 0.15) is 24.2 Å². The number of hydrogen-bond acceptors (Lipinski definition) is 5. The zero-order valence-electron chi connectivity index (χ0n) is 10.2. The molecule has 1 aliphatic heterocycles. The summed E-state index contributed by atoms with van der Waals surface area (Å²) in [6.45, 7) is 3.40. The lowest BCUT2D eigenvalue weighted by Gasteiger charge is -2.24. The molecular formula is C12H8BIO5. The number of hydrogen-bond donors (Lipinski definition) is 0. The number of benzene rings is 1. The predicted molar refractivity (Wildman–Crippen MR) is 75.6 cm³/mol. The van der Waals surface area contributed by atoms with E-state index in [0.717, 1.165) is 0 Å². The van der Waals surface area contributed by atoms with Crippen LogP contribution in [0.5, 0.6) is 11.5 Å². The average Bonchev–Trinajstić information content (AvgIpc) is 2.93. The van der Waals surface area contributed by atoms with Crippen LogP contribution in [0.3, 0.4) is 0 Å². The molecule has 2 aromatic rings. The van der Waals surface area contributed by atoms with E-state index in [1.54, 1.807) is 13.8 Å². The molecule has 0 N–H and O–H groups in total. The molecule has 7 heteroatoms. The summed E-state index contributed by atoms with van der Waals surface area (Å²) in [6, 6.07) is 1.51. The summed E-state index contributed by atoms with van der Waals surface area (Å²) in [7, 11) is 5.75. The Hall–Kier alpha value is -1.25. The Morgan fingerprint density at radius 1 is 1.58 bits per heavy atom. The number of halogens is 1. The fraction of sp³-hybridized carbons (Fsp3) is 0.333. The highest BCUT2D eigenvalue weighted by molar-refractivity contribution is 14.1. The molecule has 2 radical (unpaired) electrons. The van der Waals surface area contributed by atoms with Crippen LogP contribution in [0.2, 0.25) is 5.82 Å². The van der Waals surface area contributed by atoms with Gasteiger partial charge >= 0.3 is 11.9 Å². The van der Waals surface area contributed by atoms with Crippen molar-refractivity contribution >= 4 is 53.5 Å². The molecule has 0 fully saturated rings. The fourth-order valence-electron chi connectivity index (χ4n) is 1.75. The van der Waals surface area contributed by atoms with E-state index in [1.807, 2.05) is 22.6 Å². The molecule has 0 aliphatic carbocycles. The molecule has 1 aliphatic rings. The Morgan fingerprint density at radius 3 is 2.89 bits per heavy atom. The van der Waals surface area contributed by atoms with Gasteiger partial charge in [-0.25, -0.2) is 4.79 Å². The van der Waals surface area contributed by atoms with Gasteiger partial charge in [0.1, 0.15) is 8.99 Å². The first-order valence-corrected chi connectivity index (χ1v) is 6.68. The van der Waals surface area contributed by atoms with Crippen molar-refractivity contribution in [2.75, 3.05) is 0 Å². The van der Waals surface area contributed by atoms with Crippen molar-refractivity contribution in [3.8, 4) is 11.5 Å². The molecule has 2 atom stereocenters. The van der Waals surface area contributed by atoms with Crippen molar-refractivity contribution in [2.24, 2.45) is 0 Å². The summed E-state index contributed by atoms with van der Waals surface area (Å²) in [5.74, 6) is -1.05. The van der Waals surface area contributed by atoms with E-state index < -0.39 is 15.4 Å². The molecule has 2 aromatic heterocycles. The minimum Gasteiger partial charge on any atom is -0.448 e. The number of alkyl halides is 1.